The third-order valence-corrected chi connectivity index (χ3v) is 4.31. The van der Waals surface area contributed by atoms with Crippen LogP contribution in [0.5, 0.6) is 5.75 Å². The summed E-state index contributed by atoms with van der Waals surface area (Å²) in [7, 11) is 1.63. The van der Waals surface area contributed by atoms with Gasteiger partial charge >= 0.3 is 0 Å². The molecule has 0 unspecified atom stereocenters. The lowest BCUT2D eigenvalue weighted by molar-refractivity contribution is 0.415. The van der Waals surface area contributed by atoms with E-state index in [1.807, 2.05) is 24.3 Å². The first-order chi connectivity index (χ1) is 10.6. The largest absolute Gasteiger partial charge is 0.497 e. The Morgan fingerprint density at radius 3 is 2.55 bits per heavy atom. The van der Waals surface area contributed by atoms with Crippen LogP contribution in [0.2, 0.25) is 5.02 Å². The molecule has 0 amide bonds. The molecule has 0 radical (unpaired) electrons. The van der Waals surface area contributed by atoms with Gasteiger partial charge in [0.25, 0.3) is 0 Å². The highest BCUT2D eigenvalue weighted by atomic mass is 127. The zero-order chi connectivity index (χ0) is 15.7. The van der Waals surface area contributed by atoms with E-state index in [1.165, 1.54) is 6.07 Å². The Morgan fingerprint density at radius 2 is 1.91 bits per heavy atom. The Labute approximate surface area is 145 Å². The molecular weight excluding hydrogens is 418 g/mol. The molecule has 0 aliphatic heterocycles. The molecule has 0 bridgehead atoms. The lowest BCUT2D eigenvalue weighted by Crippen LogP contribution is -2.00. The van der Waals surface area contributed by atoms with E-state index in [-0.39, 0.29) is 5.02 Å². The van der Waals surface area contributed by atoms with E-state index in [9.17, 15) is 4.39 Å². The van der Waals surface area contributed by atoms with E-state index in [1.54, 1.807) is 30.1 Å². The second kappa shape index (κ2) is 6.26. The highest BCUT2D eigenvalue weighted by Crippen LogP contribution is 2.30. The monoisotopic (exact) mass is 428 g/mol. The number of nitrogens with zero attached hydrogens (tertiary/aromatic N) is 2. The minimum Gasteiger partial charge on any atom is -0.497 e. The molecule has 6 heteroatoms. The summed E-state index contributed by atoms with van der Waals surface area (Å²) < 4.78 is 21.3. The molecule has 3 rings (SSSR count). The minimum atomic E-state index is -0.446. The summed E-state index contributed by atoms with van der Waals surface area (Å²) >= 11 is 8.10. The van der Waals surface area contributed by atoms with E-state index in [0.717, 1.165) is 20.6 Å². The maximum Gasteiger partial charge on any atom is 0.141 e. The first kappa shape index (κ1) is 15.3. The molecule has 0 atom stereocenters. The molecule has 3 aromatic rings. The van der Waals surface area contributed by atoms with Crippen molar-refractivity contribution in [3.63, 3.8) is 0 Å². The number of methoxy groups -OCH3 is 1. The van der Waals surface area contributed by atoms with Gasteiger partial charge in [-0.1, -0.05) is 11.6 Å². The van der Waals surface area contributed by atoms with Gasteiger partial charge in [0.05, 0.1) is 33.3 Å². The van der Waals surface area contributed by atoms with Crippen molar-refractivity contribution in [3.8, 4) is 22.7 Å². The summed E-state index contributed by atoms with van der Waals surface area (Å²) in [6.45, 7) is 0. The first-order valence-corrected chi connectivity index (χ1v) is 7.89. The van der Waals surface area contributed by atoms with Crippen molar-refractivity contribution in [3.05, 3.63) is 63.1 Å². The predicted octanol–water partition coefficient (Wildman–Crippen LogP) is 4.95. The summed E-state index contributed by atoms with van der Waals surface area (Å²) in [5, 5.41) is 4.45. The van der Waals surface area contributed by atoms with Crippen LogP contribution in [0.3, 0.4) is 0 Å². The fraction of sp³-hybridized carbons (Fsp3) is 0.0625. The number of benzene rings is 2. The highest BCUT2D eigenvalue weighted by molar-refractivity contribution is 14.1. The fourth-order valence-electron chi connectivity index (χ4n) is 2.15. The molecule has 112 valence electrons. The summed E-state index contributed by atoms with van der Waals surface area (Å²) in [4.78, 5) is 0. The van der Waals surface area contributed by atoms with Crippen molar-refractivity contribution in [2.75, 3.05) is 7.11 Å². The van der Waals surface area contributed by atoms with Gasteiger partial charge < -0.3 is 4.74 Å². The molecule has 0 aliphatic rings. The van der Waals surface area contributed by atoms with Crippen LogP contribution < -0.4 is 4.74 Å². The third kappa shape index (κ3) is 2.83. The van der Waals surface area contributed by atoms with E-state index in [4.69, 9.17) is 16.3 Å². The Balaban J connectivity index is 2.12. The van der Waals surface area contributed by atoms with Crippen molar-refractivity contribution < 1.29 is 9.13 Å². The SMILES string of the molecule is COc1ccc(-c2c(I)cnn2-c2ccc(F)c(Cl)c2)cc1. The van der Waals surface area contributed by atoms with Crippen LogP contribution in [0.4, 0.5) is 4.39 Å². The summed E-state index contributed by atoms with van der Waals surface area (Å²) in [6.07, 6.45) is 1.76. The zero-order valence-corrected chi connectivity index (χ0v) is 14.5. The van der Waals surface area contributed by atoms with Gasteiger partial charge in [0.2, 0.25) is 0 Å². The third-order valence-electron chi connectivity index (χ3n) is 3.24. The number of halogens is 3. The second-order valence-corrected chi connectivity index (χ2v) is 6.15. The molecule has 0 fully saturated rings. The van der Waals surface area contributed by atoms with Crippen molar-refractivity contribution in [1.29, 1.82) is 0 Å². The van der Waals surface area contributed by atoms with Crippen molar-refractivity contribution in [1.82, 2.24) is 9.78 Å². The molecule has 1 aromatic heterocycles. The predicted molar refractivity (Wildman–Crippen MR) is 93.2 cm³/mol. The van der Waals surface area contributed by atoms with Crippen molar-refractivity contribution >= 4 is 34.2 Å². The van der Waals surface area contributed by atoms with Gasteiger partial charge in [0, 0.05) is 5.56 Å². The Bertz CT molecular complexity index is 818. The van der Waals surface area contributed by atoms with Crippen molar-refractivity contribution in [2.45, 2.75) is 0 Å². The number of aromatic nitrogens is 2. The Hall–Kier alpha value is -1.60. The van der Waals surface area contributed by atoms with Crippen LogP contribution in [0.25, 0.3) is 16.9 Å². The van der Waals surface area contributed by atoms with Crippen LogP contribution >= 0.6 is 34.2 Å². The molecule has 22 heavy (non-hydrogen) atoms. The van der Waals surface area contributed by atoms with E-state index in [2.05, 4.69) is 27.7 Å². The van der Waals surface area contributed by atoms with E-state index in [0.29, 0.717) is 5.69 Å². The summed E-state index contributed by atoms with van der Waals surface area (Å²) in [5.41, 5.74) is 2.62. The van der Waals surface area contributed by atoms with Gasteiger partial charge in [-0.25, -0.2) is 9.07 Å². The van der Waals surface area contributed by atoms with Gasteiger partial charge in [0.15, 0.2) is 0 Å². The smallest absolute Gasteiger partial charge is 0.141 e. The lowest BCUT2D eigenvalue weighted by atomic mass is 10.1. The molecule has 0 N–H and O–H groups in total. The Kier molecular flexibility index (Phi) is 4.35. The second-order valence-electron chi connectivity index (χ2n) is 4.58. The summed E-state index contributed by atoms with van der Waals surface area (Å²) in [5.74, 6) is 0.341. The zero-order valence-electron chi connectivity index (χ0n) is 11.6. The number of hydrogen-bond acceptors (Lipinski definition) is 2. The highest BCUT2D eigenvalue weighted by Gasteiger charge is 2.14. The maximum atomic E-state index is 13.3. The fourth-order valence-corrected chi connectivity index (χ4v) is 2.99. The van der Waals surface area contributed by atoms with Gasteiger partial charge in [-0.05, 0) is 65.1 Å². The lowest BCUT2D eigenvalue weighted by Gasteiger charge is -2.10. The van der Waals surface area contributed by atoms with Crippen LogP contribution in [0, 0.1) is 9.39 Å². The molecule has 0 aliphatic carbocycles. The molecular formula is C16H11ClFIN2O. The van der Waals surface area contributed by atoms with E-state index < -0.39 is 5.82 Å². The number of rotatable bonds is 3. The topological polar surface area (TPSA) is 27.1 Å². The van der Waals surface area contributed by atoms with E-state index >= 15 is 0 Å². The van der Waals surface area contributed by atoms with Gasteiger partial charge in [-0.3, -0.25) is 0 Å². The molecule has 0 saturated carbocycles. The van der Waals surface area contributed by atoms with Gasteiger partial charge in [-0.2, -0.15) is 5.10 Å². The number of ether oxygens (including phenoxy) is 1. The number of hydrogen-bond donors (Lipinski definition) is 0. The van der Waals surface area contributed by atoms with Crippen LogP contribution in [-0.2, 0) is 0 Å². The molecule has 0 saturated heterocycles. The first-order valence-electron chi connectivity index (χ1n) is 6.43. The van der Waals surface area contributed by atoms with Crippen LogP contribution in [0.1, 0.15) is 0 Å². The summed E-state index contributed by atoms with van der Waals surface area (Å²) in [6, 6.07) is 12.2. The Morgan fingerprint density at radius 1 is 1.18 bits per heavy atom. The molecule has 3 nitrogen and oxygen atoms in total. The quantitative estimate of drug-likeness (QED) is 0.552. The minimum absolute atomic E-state index is 0.0729. The average molecular weight is 429 g/mol. The van der Waals surface area contributed by atoms with Crippen LogP contribution in [-0.4, -0.2) is 16.9 Å². The normalized spacial score (nSPS) is 10.7. The molecule has 1 heterocycles. The molecule has 0 spiro atoms. The van der Waals surface area contributed by atoms with Crippen molar-refractivity contribution in [2.24, 2.45) is 0 Å². The average Bonchev–Trinajstić information content (AvgIpc) is 2.92. The van der Waals surface area contributed by atoms with Crippen LogP contribution in [0.15, 0.2) is 48.7 Å². The van der Waals surface area contributed by atoms with Gasteiger partial charge in [-0.15, -0.1) is 0 Å². The standard InChI is InChI=1S/C16H11ClFIN2O/c1-22-12-5-2-10(3-6-12)16-15(19)9-20-21(16)11-4-7-14(18)13(17)8-11/h2-9H,1H3. The molecule has 2 aromatic carbocycles. The van der Waals surface area contributed by atoms with Gasteiger partial charge in [0.1, 0.15) is 11.6 Å². The maximum absolute atomic E-state index is 13.3.